The van der Waals surface area contributed by atoms with Crippen molar-refractivity contribution in [1.29, 1.82) is 0 Å². The van der Waals surface area contributed by atoms with Gasteiger partial charge in [0.2, 0.25) is 5.91 Å². The maximum atomic E-state index is 13.0. The van der Waals surface area contributed by atoms with Crippen LogP contribution in [0.1, 0.15) is 11.8 Å². The van der Waals surface area contributed by atoms with E-state index in [1.165, 1.54) is 23.1 Å². The van der Waals surface area contributed by atoms with Gasteiger partial charge in [0.15, 0.2) is 0 Å². The zero-order valence-corrected chi connectivity index (χ0v) is 8.20. The number of carbonyl (C=O) groups excluding carboxylic acids is 1. The lowest BCUT2D eigenvalue weighted by Gasteiger charge is -2.20. The molecule has 1 heterocycles. The molecule has 2 N–H and O–H groups in total. The lowest BCUT2D eigenvalue weighted by Crippen LogP contribution is -2.29. The molecule has 0 spiro atoms. The Morgan fingerprint density at radius 3 is 3.07 bits per heavy atom. The van der Waals surface area contributed by atoms with Crippen LogP contribution in [0, 0.1) is 5.82 Å². The van der Waals surface area contributed by atoms with E-state index in [2.05, 4.69) is 5.32 Å². The van der Waals surface area contributed by atoms with Crippen molar-refractivity contribution in [1.82, 2.24) is 4.90 Å². The highest BCUT2D eigenvalue weighted by atomic mass is 19.1. The Kier molecular flexibility index (Phi) is 2.42. The summed E-state index contributed by atoms with van der Waals surface area (Å²) in [6, 6.07) is 3.92. The van der Waals surface area contributed by atoms with E-state index >= 15 is 0 Å². The summed E-state index contributed by atoms with van der Waals surface area (Å²) in [4.78, 5) is 12.8. The van der Waals surface area contributed by atoms with Gasteiger partial charge in [-0.1, -0.05) is 0 Å². The fraction of sp³-hybridized carbons (Fsp3) is 0.300. The van der Waals surface area contributed by atoms with Crippen molar-refractivity contribution in [2.75, 3.05) is 18.9 Å². The molecule has 4 nitrogen and oxygen atoms in total. The normalized spacial score (nSPS) is 21.8. The van der Waals surface area contributed by atoms with Crippen molar-refractivity contribution in [2.24, 2.45) is 0 Å². The van der Waals surface area contributed by atoms with Crippen LogP contribution in [0.2, 0.25) is 0 Å². The minimum absolute atomic E-state index is 0.0808. The summed E-state index contributed by atoms with van der Waals surface area (Å²) in [6.07, 6.45) is -0.963. The molecule has 0 saturated carbocycles. The van der Waals surface area contributed by atoms with Crippen molar-refractivity contribution in [3.05, 3.63) is 29.6 Å². The molecule has 0 aliphatic carbocycles. The van der Waals surface area contributed by atoms with Crippen LogP contribution >= 0.6 is 0 Å². The maximum absolute atomic E-state index is 13.0. The molecule has 80 valence electrons. The van der Waals surface area contributed by atoms with E-state index < -0.39 is 12.0 Å². The third-order valence-electron chi connectivity index (χ3n) is 2.38. The number of hydrogen-bond donors (Lipinski definition) is 2. The number of halogens is 1. The van der Waals surface area contributed by atoms with Crippen LogP contribution in [0.15, 0.2) is 18.2 Å². The number of carbonyl (C=O) groups is 1. The van der Waals surface area contributed by atoms with Crippen LogP contribution < -0.4 is 5.32 Å². The van der Waals surface area contributed by atoms with Gasteiger partial charge in [-0.15, -0.1) is 0 Å². The average molecular weight is 210 g/mol. The predicted molar refractivity (Wildman–Crippen MR) is 52.6 cm³/mol. The van der Waals surface area contributed by atoms with Crippen LogP contribution in [0.3, 0.4) is 0 Å². The van der Waals surface area contributed by atoms with Crippen molar-refractivity contribution >= 4 is 11.6 Å². The van der Waals surface area contributed by atoms with Gasteiger partial charge in [-0.25, -0.2) is 4.39 Å². The van der Waals surface area contributed by atoms with Gasteiger partial charge in [-0.3, -0.25) is 9.69 Å². The third kappa shape index (κ3) is 1.84. The molecule has 0 aromatic heterocycles. The van der Waals surface area contributed by atoms with Gasteiger partial charge in [-0.05, 0) is 25.2 Å². The minimum atomic E-state index is -0.963. The van der Waals surface area contributed by atoms with E-state index in [4.69, 9.17) is 0 Å². The van der Waals surface area contributed by atoms with E-state index in [-0.39, 0.29) is 12.5 Å². The first kappa shape index (κ1) is 10.1. The number of nitrogens with one attached hydrogen (secondary N) is 1. The zero-order valence-electron chi connectivity index (χ0n) is 8.20. The van der Waals surface area contributed by atoms with Crippen LogP contribution in [0.25, 0.3) is 0 Å². The molecule has 0 fully saturated rings. The molecule has 0 bridgehead atoms. The first-order valence-corrected chi connectivity index (χ1v) is 4.55. The van der Waals surface area contributed by atoms with E-state index in [1.807, 2.05) is 0 Å². The van der Waals surface area contributed by atoms with Crippen molar-refractivity contribution in [3.63, 3.8) is 0 Å². The topological polar surface area (TPSA) is 52.6 Å². The molecule has 15 heavy (non-hydrogen) atoms. The van der Waals surface area contributed by atoms with Crippen LogP contribution in [-0.4, -0.2) is 29.5 Å². The van der Waals surface area contributed by atoms with Gasteiger partial charge < -0.3 is 10.4 Å². The SMILES string of the molecule is CN1CC(=O)Nc2ccc(F)cc2C1O. The first-order chi connectivity index (χ1) is 7.08. The predicted octanol–water partition coefficient (Wildman–Crippen LogP) is 0.700. The van der Waals surface area contributed by atoms with Gasteiger partial charge in [0.05, 0.1) is 6.54 Å². The summed E-state index contributed by atoms with van der Waals surface area (Å²) in [5, 5.41) is 12.4. The second-order valence-electron chi connectivity index (χ2n) is 3.57. The monoisotopic (exact) mass is 210 g/mol. The van der Waals surface area contributed by atoms with Gasteiger partial charge in [-0.2, -0.15) is 0 Å². The molecule has 1 aromatic carbocycles. The largest absolute Gasteiger partial charge is 0.374 e. The number of rotatable bonds is 0. The smallest absolute Gasteiger partial charge is 0.238 e. The molecule has 1 atom stereocenters. The maximum Gasteiger partial charge on any atom is 0.238 e. The number of benzene rings is 1. The van der Waals surface area contributed by atoms with Crippen LogP contribution in [-0.2, 0) is 4.79 Å². The number of nitrogens with zero attached hydrogens (tertiary/aromatic N) is 1. The molecular weight excluding hydrogens is 199 g/mol. The highest BCUT2D eigenvalue weighted by Crippen LogP contribution is 2.28. The van der Waals surface area contributed by atoms with Crippen molar-refractivity contribution in [3.8, 4) is 0 Å². The number of amides is 1. The molecule has 5 heteroatoms. The molecule has 0 saturated heterocycles. The highest BCUT2D eigenvalue weighted by molar-refractivity contribution is 5.93. The number of hydrogen-bond acceptors (Lipinski definition) is 3. The van der Waals surface area contributed by atoms with Gasteiger partial charge in [0, 0.05) is 11.3 Å². The number of aliphatic hydroxyl groups is 1. The standard InChI is InChI=1S/C10H11FN2O2/c1-13-5-9(14)12-8-3-2-6(11)4-7(8)10(13)15/h2-4,10,15H,5H2,1H3,(H,12,14). The summed E-state index contributed by atoms with van der Waals surface area (Å²) in [6.45, 7) is 0.0808. The van der Waals surface area contributed by atoms with Crippen molar-refractivity contribution in [2.45, 2.75) is 6.23 Å². The minimum Gasteiger partial charge on any atom is -0.374 e. The highest BCUT2D eigenvalue weighted by Gasteiger charge is 2.24. The Labute approximate surface area is 86.3 Å². The third-order valence-corrected chi connectivity index (χ3v) is 2.38. The molecule has 1 aromatic rings. The summed E-state index contributed by atoms with van der Waals surface area (Å²) in [7, 11) is 1.60. The number of aliphatic hydroxyl groups excluding tert-OH is 1. The van der Waals surface area contributed by atoms with E-state index in [9.17, 15) is 14.3 Å². The lowest BCUT2D eigenvalue weighted by atomic mass is 10.1. The second-order valence-corrected chi connectivity index (χ2v) is 3.57. The summed E-state index contributed by atoms with van der Waals surface area (Å²) in [5.74, 6) is -0.653. The fourth-order valence-electron chi connectivity index (χ4n) is 1.60. The number of likely N-dealkylation sites (N-methyl/N-ethyl adjacent to an activating group) is 1. The Hall–Kier alpha value is -1.46. The Bertz CT molecular complexity index is 408. The molecule has 1 aliphatic heterocycles. The summed E-state index contributed by atoms with van der Waals surface area (Å²) >= 11 is 0. The van der Waals surface area contributed by atoms with Crippen LogP contribution in [0.5, 0.6) is 0 Å². The second kappa shape index (κ2) is 3.60. The van der Waals surface area contributed by atoms with Gasteiger partial charge in [0.1, 0.15) is 12.0 Å². The Morgan fingerprint density at radius 2 is 2.33 bits per heavy atom. The molecule has 0 radical (unpaired) electrons. The first-order valence-electron chi connectivity index (χ1n) is 4.55. The quantitative estimate of drug-likeness (QED) is 0.662. The van der Waals surface area contributed by atoms with E-state index in [0.717, 1.165) is 0 Å². The molecular formula is C10H11FN2O2. The zero-order chi connectivity index (χ0) is 11.0. The van der Waals surface area contributed by atoms with Gasteiger partial charge >= 0.3 is 0 Å². The molecule has 1 unspecified atom stereocenters. The molecule has 2 rings (SSSR count). The average Bonchev–Trinajstić information content (AvgIpc) is 2.27. The van der Waals surface area contributed by atoms with E-state index in [0.29, 0.717) is 11.3 Å². The lowest BCUT2D eigenvalue weighted by molar-refractivity contribution is -0.119. The summed E-state index contributed by atoms with van der Waals surface area (Å²) in [5.41, 5.74) is 0.835. The fourth-order valence-corrected chi connectivity index (χ4v) is 1.60. The van der Waals surface area contributed by atoms with E-state index in [1.54, 1.807) is 7.05 Å². The number of fused-ring (bicyclic) bond motifs is 1. The van der Waals surface area contributed by atoms with Crippen molar-refractivity contribution < 1.29 is 14.3 Å². The Balaban J connectivity index is 2.50. The van der Waals surface area contributed by atoms with Gasteiger partial charge in [0.25, 0.3) is 0 Å². The molecule has 1 amide bonds. The number of anilines is 1. The molecule has 1 aliphatic rings. The Morgan fingerprint density at radius 1 is 1.60 bits per heavy atom. The summed E-state index contributed by atoms with van der Waals surface area (Å²) < 4.78 is 13.0. The van der Waals surface area contributed by atoms with Crippen LogP contribution in [0.4, 0.5) is 10.1 Å².